The first-order valence-corrected chi connectivity index (χ1v) is 9.31. The molecule has 0 radical (unpaired) electrons. The van der Waals surface area contributed by atoms with E-state index in [1.54, 1.807) is 17.5 Å². The van der Waals surface area contributed by atoms with E-state index in [4.69, 9.17) is 0 Å². The van der Waals surface area contributed by atoms with Gasteiger partial charge in [-0.25, -0.2) is 4.98 Å². The average Bonchev–Trinajstić information content (AvgIpc) is 3.26. The number of thiazole rings is 1. The van der Waals surface area contributed by atoms with Gasteiger partial charge in [0.15, 0.2) is 0 Å². The number of hydrogen-bond acceptors (Lipinski definition) is 4. The lowest BCUT2D eigenvalue weighted by molar-refractivity contribution is 0.0956. The third kappa shape index (κ3) is 3.23. The maximum Gasteiger partial charge on any atom is 0.253 e. The fourth-order valence-corrected chi connectivity index (χ4v) is 3.57. The van der Waals surface area contributed by atoms with Crippen LogP contribution in [0.2, 0.25) is 0 Å². The third-order valence-electron chi connectivity index (χ3n) is 4.20. The van der Waals surface area contributed by atoms with E-state index in [0.29, 0.717) is 18.5 Å². The quantitative estimate of drug-likeness (QED) is 0.588. The first-order valence-electron chi connectivity index (χ1n) is 8.43. The number of aromatic nitrogens is 3. The van der Waals surface area contributed by atoms with Gasteiger partial charge >= 0.3 is 0 Å². The van der Waals surface area contributed by atoms with E-state index in [1.165, 1.54) is 0 Å². The van der Waals surface area contributed by atoms with E-state index < -0.39 is 0 Å². The summed E-state index contributed by atoms with van der Waals surface area (Å²) in [5, 5.41) is 6.03. The van der Waals surface area contributed by atoms with Crippen LogP contribution >= 0.6 is 11.3 Å². The number of pyridine rings is 2. The molecule has 5 nitrogen and oxygen atoms in total. The first kappa shape index (κ1) is 16.5. The molecule has 0 aromatic carbocycles. The lowest BCUT2D eigenvalue weighted by Crippen LogP contribution is -2.25. The Hall–Kier alpha value is -2.99. The molecule has 6 heteroatoms. The van der Waals surface area contributed by atoms with E-state index in [0.717, 1.165) is 27.6 Å². The van der Waals surface area contributed by atoms with E-state index in [1.807, 2.05) is 65.4 Å². The van der Waals surface area contributed by atoms with Gasteiger partial charge in [-0.3, -0.25) is 9.78 Å². The van der Waals surface area contributed by atoms with Gasteiger partial charge < -0.3 is 9.72 Å². The number of nitrogens with one attached hydrogen (secondary N) is 1. The topological polar surface area (TPSA) is 59.3 Å². The molecule has 0 saturated heterocycles. The highest BCUT2D eigenvalue weighted by Crippen LogP contribution is 2.27. The smallest absolute Gasteiger partial charge is 0.253 e. The van der Waals surface area contributed by atoms with Crippen molar-refractivity contribution >= 4 is 22.8 Å². The molecular weight excluding hydrogens is 344 g/mol. The number of rotatable bonds is 5. The molecule has 0 spiro atoms. The average molecular weight is 362 g/mol. The van der Waals surface area contributed by atoms with E-state index in [2.05, 4.69) is 15.3 Å². The number of carbonyl (C=O) groups excluding carboxylic acids is 1. The Kier molecular flexibility index (Phi) is 4.50. The van der Waals surface area contributed by atoms with Crippen LogP contribution in [0.15, 0.2) is 60.2 Å². The van der Waals surface area contributed by atoms with Crippen molar-refractivity contribution in [3.05, 3.63) is 76.5 Å². The maximum atomic E-state index is 12.7. The second-order valence-electron chi connectivity index (χ2n) is 5.98. The molecule has 4 aromatic rings. The van der Waals surface area contributed by atoms with Gasteiger partial charge in [0.25, 0.3) is 5.91 Å². The van der Waals surface area contributed by atoms with Crippen molar-refractivity contribution < 1.29 is 4.79 Å². The van der Waals surface area contributed by atoms with Crippen LogP contribution in [0.1, 0.15) is 21.1 Å². The lowest BCUT2D eigenvalue weighted by atomic mass is 10.2. The number of fused-ring (bicyclic) bond motifs is 1. The monoisotopic (exact) mass is 362 g/mol. The largest absolute Gasteiger partial charge is 0.352 e. The Morgan fingerprint density at radius 2 is 2.12 bits per heavy atom. The van der Waals surface area contributed by atoms with Gasteiger partial charge in [-0.2, -0.15) is 0 Å². The van der Waals surface area contributed by atoms with E-state index >= 15 is 0 Å². The summed E-state index contributed by atoms with van der Waals surface area (Å²) in [6.07, 6.45) is 4.43. The lowest BCUT2D eigenvalue weighted by Gasteiger charge is -2.04. The summed E-state index contributed by atoms with van der Waals surface area (Å²) in [6.45, 7) is 2.53. The van der Waals surface area contributed by atoms with Crippen molar-refractivity contribution in [2.45, 2.75) is 13.3 Å². The van der Waals surface area contributed by atoms with Crippen molar-refractivity contribution in [3.8, 4) is 11.4 Å². The zero-order valence-corrected chi connectivity index (χ0v) is 15.2. The standard InChI is InChI=1S/C20H18N4OS/c1-14-23-17(13-26-14)19-12-16(18-7-3-5-11-24(18)19)20(25)22-10-8-15-6-2-4-9-21-15/h2-7,9,11-13H,8,10H2,1H3,(H,22,25). The highest BCUT2D eigenvalue weighted by Gasteiger charge is 2.17. The molecule has 4 aromatic heterocycles. The van der Waals surface area contributed by atoms with Crippen LogP contribution in [0, 0.1) is 6.92 Å². The highest BCUT2D eigenvalue weighted by atomic mass is 32.1. The van der Waals surface area contributed by atoms with Gasteiger partial charge in [0, 0.05) is 36.4 Å². The highest BCUT2D eigenvalue weighted by molar-refractivity contribution is 7.09. The van der Waals surface area contributed by atoms with Gasteiger partial charge in [0.1, 0.15) is 0 Å². The Balaban J connectivity index is 1.59. The van der Waals surface area contributed by atoms with Gasteiger partial charge in [-0.05, 0) is 37.3 Å². The summed E-state index contributed by atoms with van der Waals surface area (Å²) in [6, 6.07) is 13.6. The Morgan fingerprint density at radius 3 is 2.88 bits per heavy atom. The number of carbonyl (C=O) groups is 1. The fraction of sp³-hybridized carbons (Fsp3) is 0.150. The summed E-state index contributed by atoms with van der Waals surface area (Å²) < 4.78 is 2.02. The minimum Gasteiger partial charge on any atom is -0.352 e. The number of hydrogen-bond donors (Lipinski definition) is 1. The molecule has 0 bridgehead atoms. The van der Waals surface area contributed by atoms with Crippen LogP contribution in [0.3, 0.4) is 0 Å². The Labute approximate surface area is 155 Å². The molecular formula is C20H18N4OS. The molecule has 0 aliphatic carbocycles. The van der Waals surface area contributed by atoms with Crippen molar-refractivity contribution in [2.24, 2.45) is 0 Å². The van der Waals surface area contributed by atoms with E-state index in [9.17, 15) is 4.79 Å². The van der Waals surface area contributed by atoms with Crippen LogP contribution in [0.5, 0.6) is 0 Å². The molecule has 26 heavy (non-hydrogen) atoms. The molecule has 0 fully saturated rings. The molecule has 130 valence electrons. The molecule has 0 aliphatic rings. The molecule has 1 N–H and O–H groups in total. The number of aryl methyl sites for hydroxylation is 1. The summed E-state index contributed by atoms with van der Waals surface area (Å²) in [7, 11) is 0. The van der Waals surface area contributed by atoms with Gasteiger partial charge in [-0.15, -0.1) is 11.3 Å². The molecule has 0 saturated carbocycles. The van der Waals surface area contributed by atoms with Crippen molar-refractivity contribution in [1.29, 1.82) is 0 Å². The van der Waals surface area contributed by atoms with E-state index in [-0.39, 0.29) is 5.91 Å². The number of nitrogens with zero attached hydrogens (tertiary/aromatic N) is 3. The van der Waals surface area contributed by atoms with Crippen molar-refractivity contribution in [1.82, 2.24) is 19.7 Å². The molecule has 1 amide bonds. The minimum absolute atomic E-state index is 0.0807. The fourth-order valence-electron chi connectivity index (χ4n) is 2.96. The minimum atomic E-state index is -0.0807. The molecule has 0 unspecified atom stereocenters. The zero-order chi connectivity index (χ0) is 17.9. The van der Waals surface area contributed by atoms with Gasteiger partial charge in [-0.1, -0.05) is 12.1 Å². The van der Waals surface area contributed by atoms with Gasteiger partial charge in [0.05, 0.1) is 27.5 Å². The summed E-state index contributed by atoms with van der Waals surface area (Å²) in [5.74, 6) is -0.0807. The molecule has 4 heterocycles. The Morgan fingerprint density at radius 1 is 1.23 bits per heavy atom. The third-order valence-corrected chi connectivity index (χ3v) is 4.97. The van der Waals surface area contributed by atoms with Crippen molar-refractivity contribution in [3.63, 3.8) is 0 Å². The van der Waals surface area contributed by atoms with Crippen LogP contribution < -0.4 is 5.32 Å². The van der Waals surface area contributed by atoms with Crippen LogP contribution in [0.25, 0.3) is 16.9 Å². The van der Waals surface area contributed by atoms with Crippen LogP contribution in [-0.4, -0.2) is 26.8 Å². The van der Waals surface area contributed by atoms with Crippen molar-refractivity contribution in [2.75, 3.05) is 6.54 Å². The summed E-state index contributed by atoms with van der Waals surface area (Å²) in [5.41, 5.74) is 4.32. The maximum absolute atomic E-state index is 12.7. The summed E-state index contributed by atoms with van der Waals surface area (Å²) in [4.78, 5) is 21.6. The molecule has 4 rings (SSSR count). The first-order chi connectivity index (χ1) is 12.7. The zero-order valence-electron chi connectivity index (χ0n) is 14.3. The predicted octanol–water partition coefficient (Wildman–Crippen LogP) is 3.74. The van der Waals surface area contributed by atoms with Crippen LogP contribution in [-0.2, 0) is 6.42 Å². The summed E-state index contributed by atoms with van der Waals surface area (Å²) >= 11 is 1.61. The SMILES string of the molecule is Cc1nc(-c2cc(C(=O)NCCc3ccccn3)c3ccccn23)cs1. The second-order valence-corrected chi connectivity index (χ2v) is 7.04. The number of amides is 1. The Bertz CT molecular complexity index is 1050. The predicted molar refractivity (Wildman–Crippen MR) is 104 cm³/mol. The van der Waals surface area contributed by atoms with Crippen LogP contribution in [0.4, 0.5) is 0 Å². The normalized spacial score (nSPS) is 11.0. The van der Waals surface area contributed by atoms with Gasteiger partial charge in [0.2, 0.25) is 0 Å². The molecule has 0 atom stereocenters. The second kappa shape index (κ2) is 7.09. The molecule has 0 aliphatic heterocycles.